The summed E-state index contributed by atoms with van der Waals surface area (Å²) in [5, 5.41) is 8.86. The Labute approximate surface area is 85.5 Å². The number of aliphatic carboxylic acids is 1. The van der Waals surface area contributed by atoms with E-state index in [0.29, 0.717) is 5.92 Å². The quantitative estimate of drug-likeness (QED) is 0.711. The zero-order valence-corrected chi connectivity index (χ0v) is 9.23. The summed E-state index contributed by atoms with van der Waals surface area (Å²) < 4.78 is 0. The van der Waals surface area contributed by atoms with Crippen LogP contribution in [-0.2, 0) is 4.79 Å². The topological polar surface area (TPSA) is 43.8 Å². The van der Waals surface area contributed by atoms with Gasteiger partial charge in [0.25, 0.3) is 0 Å². The molecule has 4 nitrogen and oxygen atoms in total. The lowest BCUT2D eigenvalue weighted by molar-refractivity contribution is -0.142. The molecule has 0 spiro atoms. The van der Waals surface area contributed by atoms with Gasteiger partial charge in [0, 0.05) is 13.1 Å². The summed E-state index contributed by atoms with van der Waals surface area (Å²) in [5.74, 6) is -0.0812. The van der Waals surface area contributed by atoms with Gasteiger partial charge in [-0.15, -0.1) is 0 Å². The molecule has 1 rings (SSSR count). The second-order valence-electron chi connectivity index (χ2n) is 4.43. The van der Waals surface area contributed by atoms with Gasteiger partial charge < -0.3 is 10.0 Å². The van der Waals surface area contributed by atoms with Crippen LogP contribution in [0.3, 0.4) is 0 Å². The van der Waals surface area contributed by atoms with Crippen molar-refractivity contribution in [2.24, 2.45) is 5.92 Å². The van der Waals surface area contributed by atoms with Crippen LogP contribution in [0, 0.1) is 5.92 Å². The lowest BCUT2D eigenvalue weighted by Gasteiger charge is -2.21. The van der Waals surface area contributed by atoms with Crippen LogP contribution in [0.2, 0.25) is 0 Å². The van der Waals surface area contributed by atoms with Crippen LogP contribution in [-0.4, -0.2) is 60.6 Å². The van der Waals surface area contributed by atoms with E-state index in [1.165, 1.54) is 0 Å². The average Bonchev–Trinajstić information content (AvgIpc) is 2.50. The molecule has 0 bridgehead atoms. The van der Waals surface area contributed by atoms with Crippen molar-refractivity contribution in [2.45, 2.75) is 19.4 Å². The van der Waals surface area contributed by atoms with Crippen molar-refractivity contribution >= 4 is 5.97 Å². The molecule has 1 fully saturated rings. The predicted molar refractivity (Wildman–Crippen MR) is 55.3 cm³/mol. The molecule has 0 aliphatic carbocycles. The van der Waals surface area contributed by atoms with Crippen LogP contribution in [0.25, 0.3) is 0 Å². The summed E-state index contributed by atoms with van der Waals surface area (Å²) >= 11 is 0. The fourth-order valence-corrected chi connectivity index (χ4v) is 2.04. The molecular formula is C10H20N2O2. The molecule has 0 aromatic rings. The molecule has 1 N–H and O–H groups in total. The number of likely N-dealkylation sites (tertiary alicyclic amines) is 1. The predicted octanol–water partition coefficient (Wildman–Crippen LogP) is 0.343. The highest BCUT2D eigenvalue weighted by molar-refractivity contribution is 5.72. The van der Waals surface area contributed by atoms with Crippen LogP contribution >= 0.6 is 0 Å². The number of carboxylic acid groups (broad SMARTS) is 1. The molecule has 1 saturated heterocycles. The summed E-state index contributed by atoms with van der Waals surface area (Å²) in [6, 6.07) is -0.331. The second kappa shape index (κ2) is 4.75. The number of nitrogens with zero attached hydrogens (tertiary/aromatic N) is 2. The van der Waals surface area contributed by atoms with Crippen molar-refractivity contribution < 1.29 is 9.90 Å². The maximum absolute atomic E-state index is 10.8. The van der Waals surface area contributed by atoms with Gasteiger partial charge in [0.15, 0.2) is 0 Å². The van der Waals surface area contributed by atoms with E-state index in [2.05, 4.69) is 23.9 Å². The van der Waals surface area contributed by atoms with E-state index in [-0.39, 0.29) is 6.04 Å². The van der Waals surface area contributed by atoms with E-state index in [0.717, 1.165) is 26.1 Å². The Kier molecular flexibility index (Phi) is 3.89. The van der Waals surface area contributed by atoms with Gasteiger partial charge in [0.05, 0.1) is 0 Å². The molecule has 14 heavy (non-hydrogen) atoms. The van der Waals surface area contributed by atoms with E-state index in [4.69, 9.17) is 5.11 Å². The minimum atomic E-state index is -0.712. The zero-order valence-electron chi connectivity index (χ0n) is 9.23. The molecule has 2 atom stereocenters. The first-order chi connectivity index (χ1) is 6.50. The number of carboxylic acids is 1. The van der Waals surface area contributed by atoms with E-state index >= 15 is 0 Å². The SMILES string of the molecule is CC(C(=O)O)N1CCC(CN(C)C)C1. The summed E-state index contributed by atoms with van der Waals surface area (Å²) in [7, 11) is 4.12. The van der Waals surface area contributed by atoms with E-state index in [9.17, 15) is 4.79 Å². The standard InChI is InChI=1S/C10H20N2O2/c1-8(10(13)14)12-5-4-9(7-12)6-11(2)3/h8-9H,4-7H2,1-3H3,(H,13,14). The van der Waals surface area contributed by atoms with Crippen LogP contribution in [0.5, 0.6) is 0 Å². The van der Waals surface area contributed by atoms with Gasteiger partial charge >= 0.3 is 5.97 Å². The summed E-state index contributed by atoms with van der Waals surface area (Å²) in [4.78, 5) is 15.0. The third kappa shape index (κ3) is 2.96. The number of hydrogen-bond acceptors (Lipinski definition) is 3. The molecule has 1 heterocycles. The van der Waals surface area contributed by atoms with Crippen LogP contribution in [0.1, 0.15) is 13.3 Å². The average molecular weight is 200 g/mol. The zero-order chi connectivity index (χ0) is 10.7. The number of carbonyl (C=O) groups is 1. The van der Waals surface area contributed by atoms with Gasteiger partial charge in [-0.1, -0.05) is 0 Å². The minimum Gasteiger partial charge on any atom is -0.480 e. The van der Waals surface area contributed by atoms with Crippen molar-refractivity contribution in [3.63, 3.8) is 0 Å². The molecule has 1 aliphatic heterocycles. The molecular weight excluding hydrogens is 180 g/mol. The molecule has 0 saturated carbocycles. The van der Waals surface area contributed by atoms with Crippen LogP contribution in [0.15, 0.2) is 0 Å². The highest BCUT2D eigenvalue weighted by atomic mass is 16.4. The Morgan fingerprint density at radius 1 is 1.64 bits per heavy atom. The Balaban J connectivity index is 2.37. The van der Waals surface area contributed by atoms with Gasteiger partial charge in [-0.25, -0.2) is 0 Å². The third-order valence-corrected chi connectivity index (χ3v) is 2.85. The molecule has 0 amide bonds. The third-order valence-electron chi connectivity index (χ3n) is 2.85. The van der Waals surface area contributed by atoms with Gasteiger partial charge in [-0.3, -0.25) is 9.69 Å². The number of rotatable bonds is 4. The van der Waals surface area contributed by atoms with Crippen LogP contribution < -0.4 is 0 Å². The maximum Gasteiger partial charge on any atom is 0.320 e. The van der Waals surface area contributed by atoms with Crippen molar-refractivity contribution in [3.05, 3.63) is 0 Å². The largest absolute Gasteiger partial charge is 0.480 e. The summed E-state index contributed by atoms with van der Waals surface area (Å²) in [6.45, 7) is 4.67. The summed E-state index contributed by atoms with van der Waals surface area (Å²) in [6.07, 6.45) is 1.12. The fraction of sp³-hybridized carbons (Fsp3) is 0.900. The molecule has 0 radical (unpaired) electrons. The maximum atomic E-state index is 10.8. The Morgan fingerprint density at radius 2 is 2.29 bits per heavy atom. The Bertz CT molecular complexity index is 206. The second-order valence-corrected chi connectivity index (χ2v) is 4.43. The first kappa shape index (κ1) is 11.5. The van der Waals surface area contributed by atoms with Gasteiger partial charge in [0.1, 0.15) is 6.04 Å². The van der Waals surface area contributed by atoms with Crippen molar-refractivity contribution in [1.29, 1.82) is 0 Å². The fourth-order valence-electron chi connectivity index (χ4n) is 2.04. The molecule has 0 aromatic heterocycles. The normalized spacial score (nSPS) is 25.6. The smallest absolute Gasteiger partial charge is 0.320 e. The highest BCUT2D eigenvalue weighted by Gasteiger charge is 2.29. The molecule has 1 aliphatic rings. The lowest BCUT2D eigenvalue weighted by Crippen LogP contribution is -2.37. The summed E-state index contributed by atoms with van der Waals surface area (Å²) in [5.41, 5.74) is 0. The Morgan fingerprint density at radius 3 is 2.79 bits per heavy atom. The Hall–Kier alpha value is -0.610. The van der Waals surface area contributed by atoms with E-state index in [1.807, 2.05) is 0 Å². The molecule has 82 valence electrons. The number of hydrogen-bond donors (Lipinski definition) is 1. The molecule has 4 heteroatoms. The van der Waals surface area contributed by atoms with Gasteiger partial charge in [0.2, 0.25) is 0 Å². The van der Waals surface area contributed by atoms with Crippen molar-refractivity contribution in [3.8, 4) is 0 Å². The van der Waals surface area contributed by atoms with E-state index < -0.39 is 5.97 Å². The first-order valence-corrected chi connectivity index (χ1v) is 5.12. The molecule has 2 unspecified atom stereocenters. The van der Waals surface area contributed by atoms with Gasteiger partial charge in [-0.2, -0.15) is 0 Å². The van der Waals surface area contributed by atoms with E-state index in [1.54, 1.807) is 6.92 Å². The molecule has 0 aromatic carbocycles. The van der Waals surface area contributed by atoms with Crippen molar-refractivity contribution in [2.75, 3.05) is 33.7 Å². The monoisotopic (exact) mass is 200 g/mol. The lowest BCUT2D eigenvalue weighted by atomic mass is 10.1. The van der Waals surface area contributed by atoms with Gasteiger partial charge in [-0.05, 0) is 39.9 Å². The van der Waals surface area contributed by atoms with Crippen molar-refractivity contribution in [1.82, 2.24) is 9.80 Å². The minimum absolute atomic E-state index is 0.331. The highest BCUT2D eigenvalue weighted by Crippen LogP contribution is 2.18. The van der Waals surface area contributed by atoms with Crippen LogP contribution in [0.4, 0.5) is 0 Å². The first-order valence-electron chi connectivity index (χ1n) is 5.12.